The van der Waals surface area contributed by atoms with Crippen LogP contribution in [0.4, 0.5) is 0 Å². The average Bonchev–Trinajstić information content (AvgIpc) is 2.17. The van der Waals surface area contributed by atoms with Gasteiger partial charge in [0.05, 0.1) is 13.5 Å². The van der Waals surface area contributed by atoms with Gasteiger partial charge in [0, 0.05) is 11.1 Å². The van der Waals surface area contributed by atoms with Crippen LogP contribution < -0.4 is 5.73 Å². The molecular weight excluding hydrogens is 202 g/mol. The summed E-state index contributed by atoms with van der Waals surface area (Å²) in [7, 11) is 1.34. The SMILES string of the molecule is COC(=O)C[C@@H](N)c1cccc(Cl)c1. The molecule has 0 fully saturated rings. The average molecular weight is 214 g/mol. The monoisotopic (exact) mass is 213 g/mol. The molecule has 2 N–H and O–H groups in total. The topological polar surface area (TPSA) is 52.3 Å². The van der Waals surface area contributed by atoms with E-state index in [-0.39, 0.29) is 18.4 Å². The van der Waals surface area contributed by atoms with Gasteiger partial charge in [-0.2, -0.15) is 0 Å². The predicted octanol–water partition coefficient (Wildman–Crippen LogP) is 1.90. The Kier molecular flexibility index (Phi) is 3.92. The van der Waals surface area contributed by atoms with Crippen molar-refractivity contribution < 1.29 is 9.53 Å². The number of esters is 1. The summed E-state index contributed by atoms with van der Waals surface area (Å²) in [5, 5.41) is 0.614. The quantitative estimate of drug-likeness (QED) is 0.781. The van der Waals surface area contributed by atoms with Crippen molar-refractivity contribution in [3.63, 3.8) is 0 Å². The smallest absolute Gasteiger partial charge is 0.307 e. The molecule has 1 aromatic carbocycles. The number of carbonyl (C=O) groups excluding carboxylic acids is 1. The molecule has 0 aliphatic heterocycles. The molecule has 0 saturated heterocycles. The number of ether oxygens (including phenoxy) is 1. The first kappa shape index (κ1) is 11.0. The summed E-state index contributed by atoms with van der Waals surface area (Å²) in [6, 6.07) is 6.78. The van der Waals surface area contributed by atoms with Gasteiger partial charge in [-0.3, -0.25) is 4.79 Å². The third-order valence-electron chi connectivity index (χ3n) is 1.89. The lowest BCUT2D eigenvalue weighted by molar-refractivity contribution is -0.141. The van der Waals surface area contributed by atoms with Crippen LogP contribution in [-0.4, -0.2) is 13.1 Å². The Morgan fingerprint density at radius 1 is 1.64 bits per heavy atom. The zero-order valence-electron chi connectivity index (χ0n) is 7.87. The van der Waals surface area contributed by atoms with Crippen molar-refractivity contribution in [2.45, 2.75) is 12.5 Å². The van der Waals surface area contributed by atoms with Crippen LogP contribution in [0.25, 0.3) is 0 Å². The van der Waals surface area contributed by atoms with Gasteiger partial charge in [-0.1, -0.05) is 23.7 Å². The van der Waals surface area contributed by atoms with Crippen LogP contribution in [0.1, 0.15) is 18.0 Å². The first-order valence-electron chi connectivity index (χ1n) is 4.21. The van der Waals surface area contributed by atoms with Crippen molar-refractivity contribution >= 4 is 17.6 Å². The third-order valence-corrected chi connectivity index (χ3v) is 2.13. The molecule has 0 amide bonds. The number of halogens is 1. The normalized spacial score (nSPS) is 12.2. The van der Waals surface area contributed by atoms with Crippen molar-refractivity contribution in [1.29, 1.82) is 0 Å². The molecule has 1 rings (SSSR count). The maximum atomic E-state index is 10.9. The summed E-state index contributed by atoms with van der Waals surface area (Å²) in [6.45, 7) is 0. The summed E-state index contributed by atoms with van der Waals surface area (Å²) in [6.07, 6.45) is 0.164. The Labute approximate surface area is 87.8 Å². The van der Waals surface area contributed by atoms with Gasteiger partial charge >= 0.3 is 5.97 Å². The fraction of sp³-hybridized carbons (Fsp3) is 0.300. The van der Waals surface area contributed by atoms with E-state index in [0.29, 0.717) is 5.02 Å². The van der Waals surface area contributed by atoms with E-state index in [9.17, 15) is 4.79 Å². The molecule has 0 aromatic heterocycles. The van der Waals surface area contributed by atoms with Gasteiger partial charge in [-0.25, -0.2) is 0 Å². The number of nitrogens with two attached hydrogens (primary N) is 1. The zero-order chi connectivity index (χ0) is 10.6. The number of carbonyl (C=O) groups is 1. The van der Waals surface area contributed by atoms with Gasteiger partial charge in [-0.05, 0) is 17.7 Å². The minimum atomic E-state index is -0.360. The fourth-order valence-corrected chi connectivity index (χ4v) is 1.32. The Bertz CT molecular complexity index is 328. The molecule has 0 aliphatic carbocycles. The van der Waals surface area contributed by atoms with Crippen LogP contribution in [0.2, 0.25) is 5.02 Å². The van der Waals surface area contributed by atoms with E-state index in [2.05, 4.69) is 4.74 Å². The second kappa shape index (κ2) is 4.98. The number of benzene rings is 1. The van der Waals surface area contributed by atoms with Gasteiger partial charge in [0.2, 0.25) is 0 Å². The molecule has 1 atom stereocenters. The number of hydrogen-bond donors (Lipinski definition) is 1. The summed E-state index contributed by atoms with van der Waals surface area (Å²) >= 11 is 5.79. The van der Waals surface area contributed by atoms with Gasteiger partial charge in [0.1, 0.15) is 0 Å². The fourth-order valence-electron chi connectivity index (χ4n) is 1.12. The van der Waals surface area contributed by atoms with E-state index in [1.165, 1.54) is 7.11 Å². The predicted molar refractivity (Wildman–Crippen MR) is 55.0 cm³/mol. The molecule has 0 aliphatic rings. The summed E-state index contributed by atoms with van der Waals surface area (Å²) < 4.78 is 4.52. The maximum absolute atomic E-state index is 10.9. The highest BCUT2D eigenvalue weighted by Gasteiger charge is 2.11. The molecule has 3 nitrogen and oxygen atoms in total. The number of hydrogen-bond acceptors (Lipinski definition) is 3. The Hall–Kier alpha value is -1.06. The van der Waals surface area contributed by atoms with Gasteiger partial charge in [-0.15, -0.1) is 0 Å². The lowest BCUT2D eigenvalue weighted by atomic mass is 10.1. The highest BCUT2D eigenvalue weighted by molar-refractivity contribution is 6.30. The zero-order valence-corrected chi connectivity index (χ0v) is 8.62. The van der Waals surface area contributed by atoms with Crippen LogP contribution in [0.5, 0.6) is 0 Å². The molecule has 0 bridgehead atoms. The lowest BCUT2D eigenvalue weighted by Gasteiger charge is -2.10. The minimum absolute atomic E-state index is 0.164. The van der Waals surface area contributed by atoms with Gasteiger partial charge < -0.3 is 10.5 Å². The summed E-state index contributed by atoms with van der Waals surface area (Å²) in [5.41, 5.74) is 6.62. The van der Waals surface area contributed by atoms with Crippen LogP contribution in [-0.2, 0) is 9.53 Å². The van der Waals surface area contributed by atoms with Crippen LogP contribution in [0.15, 0.2) is 24.3 Å². The standard InChI is InChI=1S/C10H12ClNO2/c1-14-10(13)6-9(12)7-3-2-4-8(11)5-7/h2-5,9H,6,12H2,1H3/t9-/m1/s1. The maximum Gasteiger partial charge on any atom is 0.307 e. The molecule has 0 unspecified atom stereocenters. The van der Waals surface area contributed by atoms with Crippen LogP contribution in [0.3, 0.4) is 0 Å². The Balaban J connectivity index is 2.69. The number of rotatable bonds is 3. The van der Waals surface area contributed by atoms with Crippen LogP contribution in [0, 0.1) is 0 Å². The molecule has 0 saturated carbocycles. The van der Waals surface area contributed by atoms with Crippen molar-refractivity contribution in [1.82, 2.24) is 0 Å². The van der Waals surface area contributed by atoms with Crippen molar-refractivity contribution in [2.75, 3.05) is 7.11 Å². The molecular formula is C10H12ClNO2. The molecule has 4 heteroatoms. The molecule has 0 radical (unpaired) electrons. The van der Waals surface area contributed by atoms with Crippen molar-refractivity contribution in [3.05, 3.63) is 34.9 Å². The molecule has 14 heavy (non-hydrogen) atoms. The first-order valence-corrected chi connectivity index (χ1v) is 4.59. The second-order valence-electron chi connectivity index (χ2n) is 2.94. The van der Waals surface area contributed by atoms with E-state index in [0.717, 1.165) is 5.56 Å². The van der Waals surface area contributed by atoms with Gasteiger partial charge in [0.15, 0.2) is 0 Å². The van der Waals surface area contributed by atoms with Gasteiger partial charge in [0.25, 0.3) is 0 Å². The summed E-state index contributed by atoms with van der Waals surface area (Å²) in [4.78, 5) is 10.9. The molecule has 1 aromatic rings. The Morgan fingerprint density at radius 2 is 2.36 bits per heavy atom. The second-order valence-corrected chi connectivity index (χ2v) is 3.38. The Morgan fingerprint density at radius 3 is 2.93 bits per heavy atom. The van der Waals surface area contributed by atoms with E-state index in [4.69, 9.17) is 17.3 Å². The van der Waals surface area contributed by atoms with E-state index < -0.39 is 0 Å². The lowest BCUT2D eigenvalue weighted by Crippen LogP contribution is -2.16. The third kappa shape index (κ3) is 3.01. The van der Waals surface area contributed by atoms with E-state index >= 15 is 0 Å². The summed E-state index contributed by atoms with van der Waals surface area (Å²) in [5.74, 6) is -0.322. The van der Waals surface area contributed by atoms with E-state index in [1.807, 2.05) is 6.07 Å². The highest BCUT2D eigenvalue weighted by atomic mass is 35.5. The molecule has 0 spiro atoms. The number of methoxy groups -OCH3 is 1. The highest BCUT2D eigenvalue weighted by Crippen LogP contribution is 2.18. The first-order chi connectivity index (χ1) is 6.63. The van der Waals surface area contributed by atoms with E-state index in [1.54, 1.807) is 18.2 Å². The van der Waals surface area contributed by atoms with Crippen molar-refractivity contribution in [3.8, 4) is 0 Å². The molecule has 76 valence electrons. The largest absolute Gasteiger partial charge is 0.469 e. The van der Waals surface area contributed by atoms with Crippen LogP contribution >= 0.6 is 11.6 Å². The van der Waals surface area contributed by atoms with Crippen molar-refractivity contribution in [2.24, 2.45) is 5.73 Å². The molecule has 0 heterocycles. The minimum Gasteiger partial charge on any atom is -0.469 e.